The lowest BCUT2D eigenvalue weighted by atomic mass is 9.96. The molecule has 0 bridgehead atoms. The van der Waals surface area contributed by atoms with Gasteiger partial charge in [-0.25, -0.2) is 4.98 Å². The summed E-state index contributed by atoms with van der Waals surface area (Å²) in [7, 11) is 0. The summed E-state index contributed by atoms with van der Waals surface area (Å²) in [4.78, 5) is 18.7. The Hall–Kier alpha value is -3.44. The summed E-state index contributed by atoms with van der Waals surface area (Å²) in [6.45, 7) is 6.18. The Kier molecular flexibility index (Phi) is 6.14. The van der Waals surface area contributed by atoms with Crippen LogP contribution in [0.1, 0.15) is 43.7 Å². The minimum absolute atomic E-state index is 0.108. The van der Waals surface area contributed by atoms with Crippen molar-refractivity contribution in [2.24, 2.45) is 0 Å². The van der Waals surface area contributed by atoms with Crippen LogP contribution in [0, 0.1) is 20.8 Å². The lowest BCUT2D eigenvalue weighted by molar-refractivity contribution is 0.102. The molecule has 1 atom stereocenters. The molecular weight excluding hydrogens is 402 g/mol. The molecule has 0 saturated heterocycles. The molecule has 0 radical (unpaired) electrons. The predicted octanol–water partition coefficient (Wildman–Crippen LogP) is 6.52. The zero-order valence-electron chi connectivity index (χ0n) is 17.8. The number of amides is 1. The molecule has 2 aromatic carbocycles. The lowest BCUT2D eigenvalue weighted by Crippen LogP contribution is -2.18. The van der Waals surface area contributed by atoms with Crippen LogP contribution in [-0.4, -0.2) is 10.9 Å². The summed E-state index contributed by atoms with van der Waals surface area (Å²) in [5, 5.41) is 7.62. The van der Waals surface area contributed by atoms with Crippen molar-refractivity contribution in [2.75, 3.05) is 10.6 Å². The van der Waals surface area contributed by atoms with Crippen molar-refractivity contribution in [2.45, 2.75) is 26.8 Å². The standard InChI is InChI=1S/C26H25N3OS/c1-17-11-10-16-22(27-17)28-24(20-12-6-4-7-13-20)23-18(2)19(3)31-26(23)29-25(30)21-14-8-5-9-15-21/h4-16,24H,1-3H3,(H,27,28)(H,29,30)/t24-/m1/s1. The average Bonchev–Trinajstić information content (AvgIpc) is 3.06. The van der Waals surface area contributed by atoms with Gasteiger partial charge in [0, 0.05) is 21.7 Å². The number of anilines is 2. The highest BCUT2D eigenvalue weighted by atomic mass is 32.1. The highest BCUT2D eigenvalue weighted by molar-refractivity contribution is 7.16. The molecule has 0 saturated carbocycles. The van der Waals surface area contributed by atoms with Crippen LogP contribution in [0.3, 0.4) is 0 Å². The molecule has 0 spiro atoms. The summed E-state index contributed by atoms with van der Waals surface area (Å²) >= 11 is 1.61. The van der Waals surface area contributed by atoms with E-state index in [1.807, 2.05) is 73.7 Å². The van der Waals surface area contributed by atoms with Crippen molar-refractivity contribution in [1.82, 2.24) is 4.98 Å². The first kappa shape index (κ1) is 20.8. The number of hydrogen-bond donors (Lipinski definition) is 2. The van der Waals surface area contributed by atoms with E-state index in [2.05, 4.69) is 41.6 Å². The predicted molar refractivity (Wildman–Crippen MR) is 129 cm³/mol. The van der Waals surface area contributed by atoms with Gasteiger partial charge in [-0.3, -0.25) is 4.79 Å². The van der Waals surface area contributed by atoms with Crippen molar-refractivity contribution in [3.63, 3.8) is 0 Å². The molecule has 4 rings (SSSR count). The molecule has 0 unspecified atom stereocenters. The van der Waals surface area contributed by atoms with Gasteiger partial charge in [0.25, 0.3) is 5.91 Å². The van der Waals surface area contributed by atoms with E-state index in [1.54, 1.807) is 11.3 Å². The third kappa shape index (κ3) is 4.67. The Labute approximate surface area is 187 Å². The Morgan fingerprint density at radius 2 is 1.55 bits per heavy atom. The summed E-state index contributed by atoms with van der Waals surface area (Å²) in [5.41, 5.74) is 4.94. The van der Waals surface area contributed by atoms with E-state index >= 15 is 0 Å². The Morgan fingerprint density at radius 3 is 2.23 bits per heavy atom. The van der Waals surface area contributed by atoms with Crippen LogP contribution in [0.25, 0.3) is 0 Å². The van der Waals surface area contributed by atoms with Gasteiger partial charge in [0.2, 0.25) is 0 Å². The third-order valence-electron chi connectivity index (χ3n) is 5.30. The zero-order valence-corrected chi connectivity index (χ0v) is 18.7. The largest absolute Gasteiger partial charge is 0.359 e. The van der Waals surface area contributed by atoms with Crippen LogP contribution in [0.4, 0.5) is 10.8 Å². The van der Waals surface area contributed by atoms with Gasteiger partial charge in [0.15, 0.2) is 0 Å². The summed E-state index contributed by atoms with van der Waals surface area (Å²) in [6.07, 6.45) is 0. The SMILES string of the molecule is Cc1cccc(N[C@H](c2ccccc2)c2c(NC(=O)c3ccccc3)sc(C)c2C)n1. The molecule has 1 amide bonds. The second-order valence-corrected chi connectivity index (χ2v) is 8.72. The van der Waals surface area contributed by atoms with Gasteiger partial charge in [-0.05, 0) is 56.2 Å². The normalized spacial score (nSPS) is 11.7. The van der Waals surface area contributed by atoms with E-state index in [1.165, 1.54) is 10.4 Å². The van der Waals surface area contributed by atoms with Crippen molar-refractivity contribution in [3.8, 4) is 0 Å². The van der Waals surface area contributed by atoms with Gasteiger partial charge >= 0.3 is 0 Å². The monoisotopic (exact) mass is 427 g/mol. The zero-order chi connectivity index (χ0) is 21.8. The van der Waals surface area contributed by atoms with Gasteiger partial charge in [-0.1, -0.05) is 54.6 Å². The average molecular weight is 428 g/mol. The van der Waals surface area contributed by atoms with Gasteiger partial charge < -0.3 is 10.6 Å². The molecule has 156 valence electrons. The molecular formula is C26H25N3OS. The van der Waals surface area contributed by atoms with E-state index in [-0.39, 0.29) is 11.9 Å². The van der Waals surface area contributed by atoms with Crippen molar-refractivity contribution < 1.29 is 4.79 Å². The first-order valence-electron chi connectivity index (χ1n) is 10.2. The maximum absolute atomic E-state index is 12.9. The van der Waals surface area contributed by atoms with Crippen LogP contribution in [0.5, 0.6) is 0 Å². The summed E-state index contributed by atoms with van der Waals surface area (Å²) in [6, 6.07) is 25.4. The molecule has 2 aromatic heterocycles. The number of hydrogen-bond acceptors (Lipinski definition) is 4. The number of rotatable bonds is 6. The fourth-order valence-corrected chi connectivity index (χ4v) is 4.68. The van der Waals surface area contributed by atoms with Crippen LogP contribution < -0.4 is 10.6 Å². The molecule has 2 heterocycles. The lowest BCUT2D eigenvalue weighted by Gasteiger charge is -2.22. The number of nitrogens with one attached hydrogen (secondary N) is 2. The number of pyridine rings is 1. The fourth-order valence-electron chi connectivity index (χ4n) is 3.59. The molecule has 0 aliphatic heterocycles. The quantitative estimate of drug-likeness (QED) is 0.368. The molecule has 0 aliphatic carbocycles. The molecule has 4 aromatic rings. The highest BCUT2D eigenvalue weighted by Gasteiger charge is 2.25. The molecule has 0 aliphatic rings. The Morgan fingerprint density at radius 1 is 0.871 bits per heavy atom. The van der Waals surface area contributed by atoms with E-state index in [0.29, 0.717) is 5.56 Å². The first-order chi connectivity index (χ1) is 15.0. The number of benzene rings is 2. The van der Waals surface area contributed by atoms with Crippen molar-refractivity contribution >= 4 is 28.1 Å². The van der Waals surface area contributed by atoms with Crippen LogP contribution in [-0.2, 0) is 0 Å². The van der Waals surface area contributed by atoms with E-state index in [9.17, 15) is 4.79 Å². The Bertz CT molecular complexity index is 1190. The topological polar surface area (TPSA) is 54.0 Å². The van der Waals surface area contributed by atoms with Crippen molar-refractivity contribution in [1.29, 1.82) is 0 Å². The number of carbonyl (C=O) groups is 1. The Balaban J connectivity index is 1.76. The number of carbonyl (C=O) groups excluding carboxylic acids is 1. The number of aryl methyl sites for hydroxylation is 2. The summed E-state index contributed by atoms with van der Waals surface area (Å²) < 4.78 is 0. The maximum atomic E-state index is 12.9. The van der Waals surface area contributed by atoms with Gasteiger partial charge in [0.1, 0.15) is 10.8 Å². The van der Waals surface area contributed by atoms with Crippen molar-refractivity contribution in [3.05, 3.63) is 112 Å². The molecule has 5 heteroatoms. The number of thiophene rings is 1. The fraction of sp³-hybridized carbons (Fsp3) is 0.154. The third-order valence-corrected chi connectivity index (χ3v) is 6.44. The first-order valence-corrected chi connectivity index (χ1v) is 11.1. The molecule has 31 heavy (non-hydrogen) atoms. The van der Waals surface area contributed by atoms with E-state index in [4.69, 9.17) is 0 Å². The number of aromatic nitrogens is 1. The number of nitrogens with zero attached hydrogens (tertiary/aromatic N) is 1. The minimum atomic E-state index is -0.147. The van der Waals surface area contributed by atoms with E-state index in [0.717, 1.165) is 27.6 Å². The second-order valence-electron chi connectivity index (χ2n) is 7.50. The smallest absolute Gasteiger partial charge is 0.256 e. The second kappa shape index (κ2) is 9.14. The van der Waals surface area contributed by atoms with Gasteiger partial charge in [-0.15, -0.1) is 11.3 Å². The summed E-state index contributed by atoms with van der Waals surface area (Å²) in [5.74, 6) is 0.695. The van der Waals surface area contributed by atoms with E-state index < -0.39 is 0 Å². The van der Waals surface area contributed by atoms with Crippen LogP contribution >= 0.6 is 11.3 Å². The van der Waals surface area contributed by atoms with Gasteiger partial charge in [0.05, 0.1) is 6.04 Å². The molecule has 4 nitrogen and oxygen atoms in total. The molecule has 0 fully saturated rings. The minimum Gasteiger partial charge on any atom is -0.359 e. The molecule has 2 N–H and O–H groups in total. The van der Waals surface area contributed by atoms with Gasteiger partial charge in [-0.2, -0.15) is 0 Å². The highest BCUT2D eigenvalue weighted by Crippen LogP contribution is 2.41. The maximum Gasteiger partial charge on any atom is 0.256 e. The van der Waals surface area contributed by atoms with Crippen LogP contribution in [0.15, 0.2) is 78.9 Å². The van der Waals surface area contributed by atoms with Crippen LogP contribution in [0.2, 0.25) is 0 Å².